The molecule has 0 aliphatic rings. The number of methoxy groups -OCH3 is 1. The summed E-state index contributed by atoms with van der Waals surface area (Å²) in [5.41, 5.74) is 3.37. The number of anilines is 1. The van der Waals surface area contributed by atoms with Gasteiger partial charge in [0.2, 0.25) is 0 Å². The average molecular weight is 368 g/mol. The molecule has 26 heavy (non-hydrogen) atoms. The van der Waals surface area contributed by atoms with Crippen molar-refractivity contribution in [3.63, 3.8) is 0 Å². The molecule has 0 saturated heterocycles. The fraction of sp³-hybridized carbons (Fsp3) is 0.286. The third-order valence-corrected chi connectivity index (χ3v) is 4.89. The second-order valence-corrected chi connectivity index (χ2v) is 7.02. The third kappa shape index (κ3) is 3.68. The van der Waals surface area contributed by atoms with Gasteiger partial charge in [0, 0.05) is 36.7 Å². The van der Waals surface area contributed by atoms with E-state index in [0.717, 1.165) is 18.0 Å². The number of ether oxygens (including phenoxy) is 1. The maximum Gasteiger partial charge on any atom is 0.174 e. The highest BCUT2D eigenvalue weighted by Crippen LogP contribution is 2.26. The molecule has 3 aromatic rings. The van der Waals surface area contributed by atoms with Crippen LogP contribution in [-0.2, 0) is 13.6 Å². The van der Waals surface area contributed by atoms with Crippen LogP contribution in [0.1, 0.15) is 19.4 Å². The second-order valence-electron chi connectivity index (χ2n) is 6.63. The van der Waals surface area contributed by atoms with E-state index in [4.69, 9.17) is 17.0 Å². The molecule has 0 unspecified atom stereocenters. The highest BCUT2D eigenvalue weighted by Gasteiger charge is 2.18. The normalized spacial score (nSPS) is 11.0. The number of para-hydroxylation sites is 3. The van der Waals surface area contributed by atoms with Gasteiger partial charge in [0.15, 0.2) is 5.11 Å². The first-order chi connectivity index (χ1) is 12.5. The molecule has 0 radical (unpaired) electrons. The molecule has 0 fully saturated rings. The van der Waals surface area contributed by atoms with Gasteiger partial charge in [-0.2, -0.15) is 0 Å². The number of fused-ring (bicyclic) bond motifs is 1. The van der Waals surface area contributed by atoms with Crippen molar-refractivity contribution in [2.75, 3.05) is 12.4 Å². The minimum absolute atomic E-state index is 0.267. The summed E-state index contributed by atoms with van der Waals surface area (Å²) in [6, 6.07) is 16.5. The Bertz CT molecular complexity index is 917. The molecule has 0 aliphatic carbocycles. The molecule has 1 heterocycles. The van der Waals surface area contributed by atoms with Crippen LogP contribution >= 0.6 is 12.2 Å². The van der Waals surface area contributed by atoms with Gasteiger partial charge in [-0.15, -0.1) is 0 Å². The van der Waals surface area contributed by atoms with E-state index in [0.29, 0.717) is 5.11 Å². The number of aryl methyl sites for hydroxylation is 1. The fourth-order valence-corrected chi connectivity index (χ4v) is 3.54. The number of hydrogen-bond donors (Lipinski definition) is 1. The van der Waals surface area contributed by atoms with Crippen LogP contribution in [0.2, 0.25) is 0 Å². The Hall–Kier alpha value is -2.53. The summed E-state index contributed by atoms with van der Waals surface area (Å²) < 4.78 is 7.59. The maximum atomic E-state index is 5.72. The number of benzene rings is 2. The Labute approximate surface area is 160 Å². The van der Waals surface area contributed by atoms with Crippen LogP contribution in [0.25, 0.3) is 10.9 Å². The molecule has 2 aromatic carbocycles. The van der Waals surface area contributed by atoms with Gasteiger partial charge in [-0.05, 0) is 49.8 Å². The summed E-state index contributed by atoms with van der Waals surface area (Å²) in [5.74, 6) is 0.781. The number of nitrogens with zero attached hydrogens (tertiary/aromatic N) is 2. The number of aromatic nitrogens is 1. The van der Waals surface area contributed by atoms with Crippen molar-refractivity contribution in [3.05, 3.63) is 60.3 Å². The summed E-state index contributed by atoms with van der Waals surface area (Å²) in [4.78, 5) is 2.20. The number of rotatable bonds is 5. The SMILES string of the molecule is COc1ccccc1NC(=S)N(Cc1cn(C)c2ccccc12)C(C)C. The highest BCUT2D eigenvalue weighted by molar-refractivity contribution is 7.80. The van der Waals surface area contributed by atoms with E-state index in [-0.39, 0.29) is 6.04 Å². The Morgan fingerprint density at radius 3 is 2.58 bits per heavy atom. The first kappa shape index (κ1) is 18.3. The minimum atomic E-state index is 0.267. The zero-order valence-electron chi connectivity index (χ0n) is 15.7. The lowest BCUT2D eigenvalue weighted by Crippen LogP contribution is -2.39. The summed E-state index contributed by atoms with van der Waals surface area (Å²) in [7, 11) is 3.75. The summed E-state index contributed by atoms with van der Waals surface area (Å²) in [6.07, 6.45) is 2.19. The highest BCUT2D eigenvalue weighted by atomic mass is 32.1. The van der Waals surface area contributed by atoms with Crippen molar-refractivity contribution < 1.29 is 4.74 Å². The monoisotopic (exact) mass is 367 g/mol. The summed E-state index contributed by atoms with van der Waals surface area (Å²) >= 11 is 5.72. The second kappa shape index (κ2) is 7.79. The molecule has 0 bridgehead atoms. The number of hydrogen-bond acceptors (Lipinski definition) is 2. The Morgan fingerprint density at radius 2 is 1.85 bits per heavy atom. The summed E-state index contributed by atoms with van der Waals surface area (Å²) in [5, 5.41) is 5.30. The van der Waals surface area contributed by atoms with Crippen molar-refractivity contribution in [3.8, 4) is 5.75 Å². The molecular formula is C21H25N3OS. The predicted molar refractivity (Wildman–Crippen MR) is 113 cm³/mol. The van der Waals surface area contributed by atoms with Crippen LogP contribution in [0.3, 0.4) is 0 Å². The first-order valence-electron chi connectivity index (χ1n) is 8.75. The predicted octanol–water partition coefficient (Wildman–Crippen LogP) is 4.79. The zero-order chi connectivity index (χ0) is 18.7. The van der Waals surface area contributed by atoms with Gasteiger partial charge < -0.3 is 19.5 Å². The van der Waals surface area contributed by atoms with Crippen LogP contribution in [0.4, 0.5) is 5.69 Å². The molecule has 0 amide bonds. The maximum absolute atomic E-state index is 5.72. The zero-order valence-corrected chi connectivity index (χ0v) is 16.5. The molecule has 0 aliphatic heterocycles. The van der Waals surface area contributed by atoms with E-state index in [2.05, 4.69) is 66.1 Å². The van der Waals surface area contributed by atoms with Crippen LogP contribution < -0.4 is 10.1 Å². The smallest absolute Gasteiger partial charge is 0.174 e. The quantitative estimate of drug-likeness (QED) is 0.656. The molecule has 136 valence electrons. The topological polar surface area (TPSA) is 29.4 Å². The minimum Gasteiger partial charge on any atom is -0.495 e. The van der Waals surface area contributed by atoms with Gasteiger partial charge in [-0.25, -0.2) is 0 Å². The molecular weight excluding hydrogens is 342 g/mol. The van der Waals surface area contributed by atoms with Crippen molar-refractivity contribution in [2.24, 2.45) is 7.05 Å². The van der Waals surface area contributed by atoms with E-state index in [1.165, 1.54) is 16.5 Å². The van der Waals surface area contributed by atoms with Gasteiger partial charge in [-0.3, -0.25) is 0 Å². The van der Waals surface area contributed by atoms with Crippen molar-refractivity contribution in [1.29, 1.82) is 0 Å². The molecule has 4 nitrogen and oxygen atoms in total. The van der Waals surface area contributed by atoms with Crippen LogP contribution in [0.15, 0.2) is 54.7 Å². The first-order valence-corrected chi connectivity index (χ1v) is 9.15. The lowest BCUT2D eigenvalue weighted by atomic mass is 10.1. The van der Waals surface area contributed by atoms with E-state index < -0.39 is 0 Å². The van der Waals surface area contributed by atoms with E-state index in [9.17, 15) is 0 Å². The average Bonchev–Trinajstić information content (AvgIpc) is 2.96. The Morgan fingerprint density at radius 1 is 1.15 bits per heavy atom. The van der Waals surface area contributed by atoms with Crippen molar-refractivity contribution in [2.45, 2.75) is 26.4 Å². The number of nitrogens with one attached hydrogen (secondary N) is 1. The molecule has 5 heteroatoms. The molecule has 0 atom stereocenters. The van der Waals surface area contributed by atoms with E-state index >= 15 is 0 Å². The van der Waals surface area contributed by atoms with Crippen LogP contribution in [0, 0.1) is 0 Å². The lowest BCUT2D eigenvalue weighted by Gasteiger charge is -2.30. The molecule has 0 spiro atoms. The van der Waals surface area contributed by atoms with Crippen molar-refractivity contribution in [1.82, 2.24) is 9.47 Å². The van der Waals surface area contributed by atoms with E-state index in [1.807, 2.05) is 24.3 Å². The van der Waals surface area contributed by atoms with Gasteiger partial charge >= 0.3 is 0 Å². The van der Waals surface area contributed by atoms with Gasteiger partial charge in [0.25, 0.3) is 0 Å². The Kier molecular flexibility index (Phi) is 5.47. The largest absolute Gasteiger partial charge is 0.495 e. The molecule has 3 rings (SSSR count). The molecule has 0 saturated carbocycles. The molecule has 1 aromatic heterocycles. The number of thiocarbonyl (C=S) groups is 1. The van der Waals surface area contributed by atoms with Gasteiger partial charge in [0.05, 0.1) is 12.8 Å². The van der Waals surface area contributed by atoms with Crippen LogP contribution in [0.5, 0.6) is 5.75 Å². The van der Waals surface area contributed by atoms with E-state index in [1.54, 1.807) is 7.11 Å². The summed E-state index contributed by atoms with van der Waals surface area (Å²) in [6.45, 7) is 5.06. The Balaban J connectivity index is 1.86. The lowest BCUT2D eigenvalue weighted by molar-refractivity contribution is 0.348. The molecule has 1 N–H and O–H groups in total. The van der Waals surface area contributed by atoms with Gasteiger partial charge in [0.1, 0.15) is 5.75 Å². The van der Waals surface area contributed by atoms with Crippen molar-refractivity contribution >= 4 is 33.9 Å². The van der Waals surface area contributed by atoms with Gasteiger partial charge in [-0.1, -0.05) is 30.3 Å². The standard InChI is InChI=1S/C21H25N3OS/c1-15(2)24(21(26)22-18-10-6-8-12-20(18)25-4)14-16-13-23(3)19-11-7-5-9-17(16)19/h5-13,15H,14H2,1-4H3,(H,22,26). The third-order valence-electron chi connectivity index (χ3n) is 4.55. The van der Waals surface area contributed by atoms with Crippen LogP contribution in [-0.4, -0.2) is 27.7 Å². The fourth-order valence-electron chi connectivity index (χ4n) is 3.16.